The Hall–Kier alpha value is -2.48. The number of hydrogen-bond acceptors (Lipinski definition) is 2. The van der Waals surface area contributed by atoms with E-state index in [1.54, 1.807) is 7.11 Å². The summed E-state index contributed by atoms with van der Waals surface area (Å²) in [5.41, 5.74) is 2.24. The first-order chi connectivity index (χ1) is 10.3. The van der Waals surface area contributed by atoms with E-state index in [9.17, 15) is 0 Å². The molecule has 0 amide bonds. The van der Waals surface area contributed by atoms with Crippen LogP contribution in [0.4, 0.5) is 0 Å². The van der Waals surface area contributed by atoms with E-state index in [2.05, 4.69) is 6.08 Å². The molecule has 0 unspecified atom stereocenters. The third-order valence-electron chi connectivity index (χ3n) is 3.01. The van der Waals surface area contributed by atoms with Crippen molar-refractivity contribution in [3.8, 4) is 17.2 Å². The summed E-state index contributed by atoms with van der Waals surface area (Å²) in [5.74, 6) is 2.23. The van der Waals surface area contributed by atoms with Crippen molar-refractivity contribution in [2.24, 2.45) is 0 Å². The highest BCUT2D eigenvalue weighted by Gasteiger charge is 2.06. The van der Waals surface area contributed by atoms with Crippen LogP contribution in [0.15, 0.2) is 54.6 Å². The van der Waals surface area contributed by atoms with Crippen LogP contribution in [-0.4, -0.2) is 7.11 Å². The molecule has 0 saturated heterocycles. The van der Waals surface area contributed by atoms with Crippen molar-refractivity contribution in [2.45, 2.75) is 13.8 Å². The van der Waals surface area contributed by atoms with Gasteiger partial charge in [-0.25, -0.2) is 0 Å². The minimum Gasteiger partial charge on any atom is -0.493 e. The third kappa shape index (κ3) is 3.99. The minimum absolute atomic E-state index is 0.713. The molecule has 0 heterocycles. The lowest BCUT2D eigenvalue weighted by Crippen LogP contribution is -1.91. The molecule has 0 spiro atoms. The first-order valence-electron chi connectivity index (χ1n) is 6.98. The standard InChI is InChI=1S/C19H20O2/c1-4-6-15-8-11-17(12-9-15)21-18-13-10-16(7-5-2)14-19(18)20-3/h4-14H,1-3H3/b6-4+,7-5+. The Kier molecular flexibility index (Phi) is 5.22. The Labute approximate surface area is 126 Å². The molecule has 0 aliphatic rings. The van der Waals surface area contributed by atoms with E-state index in [0.717, 1.165) is 22.6 Å². The van der Waals surface area contributed by atoms with E-state index in [1.807, 2.05) is 74.5 Å². The second-order valence-corrected chi connectivity index (χ2v) is 4.58. The van der Waals surface area contributed by atoms with Crippen molar-refractivity contribution in [3.05, 3.63) is 65.7 Å². The molecular formula is C19H20O2. The number of benzene rings is 2. The zero-order chi connectivity index (χ0) is 15.1. The Bertz CT molecular complexity index is 637. The molecule has 2 heteroatoms. The van der Waals surface area contributed by atoms with Crippen LogP contribution in [0.1, 0.15) is 25.0 Å². The van der Waals surface area contributed by atoms with Crippen molar-refractivity contribution in [1.29, 1.82) is 0 Å². The van der Waals surface area contributed by atoms with Gasteiger partial charge in [0.1, 0.15) is 5.75 Å². The van der Waals surface area contributed by atoms with Gasteiger partial charge in [-0.05, 0) is 49.2 Å². The van der Waals surface area contributed by atoms with Gasteiger partial charge in [-0.3, -0.25) is 0 Å². The molecule has 0 saturated carbocycles. The van der Waals surface area contributed by atoms with Crippen molar-refractivity contribution < 1.29 is 9.47 Å². The number of ether oxygens (including phenoxy) is 2. The van der Waals surface area contributed by atoms with Crippen molar-refractivity contribution in [3.63, 3.8) is 0 Å². The van der Waals surface area contributed by atoms with Crippen LogP contribution in [0, 0.1) is 0 Å². The van der Waals surface area contributed by atoms with Crippen LogP contribution < -0.4 is 9.47 Å². The Morgan fingerprint density at radius 1 is 0.762 bits per heavy atom. The normalized spacial score (nSPS) is 11.2. The van der Waals surface area contributed by atoms with Gasteiger partial charge in [0.05, 0.1) is 7.11 Å². The number of rotatable bonds is 5. The molecule has 2 nitrogen and oxygen atoms in total. The lowest BCUT2D eigenvalue weighted by molar-refractivity contribution is 0.379. The summed E-state index contributed by atoms with van der Waals surface area (Å²) in [4.78, 5) is 0. The summed E-state index contributed by atoms with van der Waals surface area (Å²) in [6, 6.07) is 13.8. The quantitative estimate of drug-likeness (QED) is 0.714. The first kappa shape index (κ1) is 14.9. The van der Waals surface area contributed by atoms with E-state index in [0.29, 0.717) is 5.75 Å². The number of methoxy groups -OCH3 is 1. The van der Waals surface area contributed by atoms with Crippen LogP contribution in [0.25, 0.3) is 12.2 Å². The lowest BCUT2D eigenvalue weighted by atomic mass is 10.2. The molecule has 21 heavy (non-hydrogen) atoms. The largest absolute Gasteiger partial charge is 0.493 e. The van der Waals surface area contributed by atoms with E-state index in [1.165, 1.54) is 0 Å². The Balaban J connectivity index is 2.22. The van der Waals surface area contributed by atoms with E-state index in [-0.39, 0.29) is 0 Å². The number of allylic oxidation sites excluding steroid dienone is 2. The summed E-state index contributed by atoms with van der Waals surface area (Å²) in [6.07, 6.45) is 8.09. The molecule has 0 aromatic heterocycles. The molecular weight excluding hydrogens is 260 g/mol. The summed E-state index contributed by atoms with van der Waals surface area (Å²) in [7, 11) is 1.65. The molecule has 2 rings (SSSR count). The maximum atomic E-state index is 5.89. The van der Waals surface area contributed by atoms with Gasteiger partial charge in [-0.15, -0.1) is 0 Å². The molecule has 2 aromatic carbocycles. The van der Waals surface area contributed by atoms with Crippen LogP contribution >= 0.6 is 0 Å². The predicted molar refractivity (Wildman–Crippen MR) is 88.9 cm³/mol. The summed E-state index contributed by atoms with van der Waals surface area (Å²) in [6.45, 7) is 3.99. The fourth-order valence-corrected chi connectivity index (χ4v) is 2.03. The molecule has 0 fully saturated rings. The van der Waals surface area contributed by atoms with Gasteiger partial charge in [0, 0.05) is 0 Å². The lowest BCUT2D eigenvalue weighted by Gasteiger charge is -2.11. The third-order valence-corrected chi connectivity index (χ3v) is 3.01. The minimum atomic E-state index is 0.713. The second kappa shape index (κ2) is 7.34. The maximum absolute atomic E-state index is 5.89. The van der Waals surface area contributed by atoms with Crippen molar-refractivity contribution in [1.82, 2.24) is 0 Å². The fraction of sp³-hybridized carbons (Fsp3) is 0.158. The fourth-order valence-electron chi connectivity index (χ4n) is 2.03. The monoisotopic (exact) mass is 280 g/mol. The predicted octanol–water partition coefficient (Wildman–Crippen LogP) is 5.55. The maximum Gasteiger partial charge on any atom is 0.169 e. The van der Waals surface area contributed by atoms with Crippen molar-refractivity contribution in [2.75, 3.05) is 7.11 Å². The van der Waals surface area contributed by atoms with Gasteiger partial charge < -0.3 is 9.47 Å². The summed E-state index contributed by atoms with van der Waals surface area (Å²) in [5, 5.41) is 0. The van der Waals surface area contributed by atoms with Gasteiger partial charge in [-0.2, -0.15) is 0 Å². The van der Waals surface area contributed by atoms with Crippen LogP contribution in [0.2, 0.25) is 0 Å². The number of hydrogen-bond donors (Lipinski definition) is 0. The molecule has 0 aliphatic heterocycles. The molecule has 0 aliphatic carbocycles. The highest BCUT2D eigenvalue weighted by molar-refractivity contribution is 5.56. The van der Waals surface area contributed by atoms with Gasteiger partial charge in [-0.1, -0.05) is 42.5 Å². The highest BCUT2D eigenvalue weighted by Crippen LogP contribution is 2.32. The molecule has 0 bridgehead atoms. The first-order valence-corrected chi connectivity index (χ1v) is 6.98. The SMILES string of the molecule is C/C=C/c1ccc(Oc2ccc(/C=C/C)cc2OC)cc1. The van der Waals surface area contributed by atoms with Gasteiger partial charge >= 0.3 is 0 Å². The topological polar surface area (TPSA) is 18.5 Å². The molecule has 0 radical (unpaired) electrons. The highest BCUT2D eigenvalue weighted by atomic mass is 16.5. The van der Waals surface area contributed by atoms with Crippen molar-refractivity contribution >= 4 is 12.2 Å². The molecule has 0 atom stereocenters. The van der Waals surface area contributed by atoms with E-state index in [4.69, 9.17) is 9.47 Å². The smallest absolute Gasteiger partial charge is 0.169 e. The molecule has 2 aromatic rings. The summed E-state index contributed by atoms with van der Waals surface area (Å²) < 4.78 is 11.3. The van der Waals surface area contributed by atoms with Crippen LogP contribution in [0.3, 0.4) is 0 Å². The average Bonchev–Trinajstić information content (AvgIpc) is 2.51. The van der Waals surface area contributed by atoms with E-state index >= 15 is 0 Å². The van der Waals surface area contributed by atoms with Gasteiger partial charge in [0.2, 0.25) is 0 Å². The van der Waals surface area contributed by atoms with Gasteiger partial charge in [0.15, 0.2) is 11.5 Å². The molecule has 0 N–H and O–H groups in total. The summed E-state index contributed by atoms with van der Waals surface area (Å²) >= 11 is 0. The van der Waals surface area contributed by atoms with Crippen LogP contribution in [-0.2, 0) is 0 Å². The van der Waals surface area contributed by atoms with E-state index < -0.39 is 0 Å². The van der Waals surface area contributed by atoms with Crippen LogP contribution in [0.5, 0.6) is 17.2 Å². The zero-order valence-electron chi connectivity index (χ0n) is 12.7. The Morgan fingerprint density at radius 3 is 2.00 bits per heavy atom. The van der Waals surface area contributed by atoms with Gasteiger partial charge in [0.25, 0.3) is 0 Å². The zero-order valence-corrected chi connectivity index (χ0v) is 12.7. The Morgan fingerprint density at radius 2 is 1.38 bits per heavy atom. The average molecular weight is 280 g/mol. The second-order valence-electron chi connectivity index (χ2n) is 4.58. The molecule has 108 valence electrons.